The van der Waals surface area contributed by atoms with Crippen molar-refractivity contribution in [2.75, 3.05) is 6.61 Å². The van der Waals surface area contributed by atoms with Gasteiger partial charge in [0.25, 0.3) is 11.5 Å². The molecule has 42 heavy (non-hydrogen) atoms. The molecule has 1 aromatic rings. The minimum atomic E-state index is -5.00. The maximum Gasteiger partial charge on any atom is 0.435 e. The summed E-state index contributed by atoms with van der Waals surface area (Å²) in [5.74, 6) is -2.18. The summed E-state index contributed by atoms with van der Waals surface area (Å²) in [6.07, 6.45) is -4.71. The van der Waals surface area contributed by atoms with Crippen LogP contribution < -0.4 is 0 Å². The molecule has 1 aliphatic carbocycles. The molecular weight excluding hydrogens is 605 g/mol. The Morgan fingerprint density at radius 1 is 1.26 bits per heavy atom. The number of ether oxygens (including phenoxy) is 1. The molecule has 1 fully saturated rings. The smallest absolute Gasteiger partial charge is 0.435 e. The second kappa shape index (κ2) is 12.1. The van der Waals surface area contributed by atoms with E-state index in [1.165, 1.54) is 25.1 Å². The molecule has 2 aliphatic heterocycles. The lowest BCUT2D eigenvalue weighted by Gasteiger charge is -2.29. The summed E-state index contributed by atoms with van der Waals surface area (Å²) in [6.45, 7) is 8.29. The summed E-state index contributed by atoms with van der Waals surface area (Å²) in [7, 11) is 0. The quantitative estimate of drug-likeness (QED) is 0.175. The predicted molar refractivity (Wildman–Crippen MR) is 147 cm³/mol. The summed E-state index contributed by atoms with van der Waals surface area (Å²) in [4.78, 5) is 38.0. The highest BCUT2D eigenvalue weighted by Crippen LogP contribution is 2.47. The van der Waals surface area contributed by atoms with Crippen LogP contribution in [0.25, 0.3) is 0 Å². The van der Waals surface area contributed by atoms with Crippen LogP contribution in [0.1, 0.15) is 61.0 Å². The molecule has 0 spiro atoms. The van der Waals surface area contributed by atoms with E-state index < -0.39 is 52.7 Å². The molecule has 2 atom stereocenters. The van der Waals surface area contributed by atoms with Crippen molar-refractivity contribution in [3.05, 3.63) is 69.0 Å². The molecule has 0 N–H and O–H groups in total. The van der Waals surface area contributed by atoms with E-state index in [0.29, 0.717) is 31.1 Å². The monoisotopic (exact) mass is 631 g/mol. The first-order valence-corrected chi connectivity index (χ1v) is 13.7. The van der Waals surface area contributed by atoms with E-state index in [2.05, 4.69) is 16.9 Å². The number of carbonyl (C=O) groups is 2. The van der Waals surface area contributed by atoms with Gasteiger partial charge in [-0.05, 0) is 68.1 Å². The minimum absolute atomic E-state index is 0.0926. The molecule has 14 heteroatoms. The Labute approximate surface area is 249 Å². The number of amides is 2. The molecular formula is C28H27Cl2F4N3O5. The number of rotatable bonds is 8. The summed E-state index contributed by atoms with van der Waals surface area (Å²) < 4.78 is 62.3. The number of alkyl halides is 3. The number of hydrogen-bond acceptors (Lipinski definition) is 7. The Morgan fingerprint density at radius 2 is 1.95 bits per heavy atom. The maximum atomic E-state index is 14.3. The number of aryl methyl sites for hydroxylation is 1. The lowest BCUT2D eigenvalue weighted by Crippen LogP contribution is -2.46. The van der Waals surface area contributed by atoms with E-state index in [9.17, 15) is 27.2 Å². The molecule has 0 bridgehead atoms. The van der Waals surface area contributed by atoms with Crippen LogP contribution in [-0.2, 0) is 19.2 Å². The number of nitrogens with zero attached hydrogens (tertiary/aromatic N) is 3. The van der Waals surface area contributed by atoms with Crippen molar-refractivity contribution in [1.82, 2.24) is 4.90 Å². The van der Waals surface area contributed by atoms with Crippen LogP contribution in [0.5, 0.6) is 0 Å². The third kappa shape index (κ3) is 6.19. The third-order valence-corrected chi connectivity index (χ3v) is 7.36. The number of halogens is 6. The van der Waals surface area contributed by atoms with Crippen molar-refractivity contribution in [2.45, 2.75) is 64.5 Å². The van der Waals surface area contributed by atoms with E-state index >= 15 is 0 Å². The fourth-order valence-electron chi connectivity index (χ4n) is 4.44. The Morgan fingerprint density at radius 3 is 2.52 bits per heavy atom. The van der Waals surface area contributed by atoms with Crippen LogP contribution in [0.4, 0.5) is 17.6 Å². The summed E-state index contributed by atoms with van der Waals surface area (Å²) in [6, 6.07) is 4.26. The van der Waals surface area contributed by atoms with Crippen LogP contribution in [0.15, 0.2) is 62.6 Å². The first kappa shape index (κ1) is 31.6. The summed E-state index contributed by atoms with van der Waals surface area (Å²) in [5.41, 5.74) is -3.05. The number of hydrogen-bond donors (Lipinski definition) is 0. The first-order valence-electron chi connectivity index (χ1n) is 12.9. The SMILES string of the molecule is C=C(/C=C(Cl)\C(F)=C(/C)Cl)[C@]1(C(F)(F)F)CC(c2ccc(C(=O)N(C(=O)C3CC3)C3CC(OCC)=NO3)c(C)c2)=NO1. The van der Waals surface area contributed by atoms with Gasteiger partial charge in [0.1, 0.15) is 0 Å². The zero-order valence-corrected chi connectivity index (χ0v) is 24.4. The molecule has 0 radical (unpaired) electrons. The molecule has 8 nitrogen and oxygen atoms in total. The topological polar surface area (TPSA) is 89.8 Å². The number of allylic oxidation sites excluding steroid dienone is 3. The minimum Gasteiger partial charge on any atom is -0.479 e. The van der Waals surface area contributed by atoms with Gasteiger partial charge in [-0.1, -0.05) is 41.0 Å². The number of imide groups is 1. The van der Waals surface area contributed by atoms with Gasteiger partial charge in [0, 0.05) is 23.5 Å². The van der Waals surface area contributed by atoms with Gasteiger partial charge in [-0.15, -0.1) is 0 Å². The average Bonchev–Trinajstić information content (AvgIpc) is 3.50. The van der Waals surface area contributed by atoms with Gasteiger partial charge in [0.05, 0.1) is 28.8 Å². The second-order valence-electron chi connectivity index (χ2n) is 10.00. The highest BCUT2D eigenvalue weighted by molar-refractivity contribution is 6.35. The Hall–Kier alpha value is -3.38. The number of oxime groups is 2. The largest absolute Gasteiger partial charge is 0.479 e. The van der Waals surface area contributed by atoms with Crippen molar-refractivity contribution < 1.29 is 41.6 Å². The van der Waals surface area contributed by atoms with E-state index in [-0.39, 0.29) is 40.1 Å². The van der Waals surface area contributed by atoms with E-state index in [0.717, 1.165) is 4.90 Å². The van der Waals surface area contributed by atoms with Crippen LogP contribution in [0.3, 0.4) is 0 Å². The van der Waals surface area contributed by atoms with Crippen LogP contribution in [0, 0.1) is 12.8 Å². The Bertz CT molecular complexity index is 1430. The van der Waals surface area contributed by atoms with E-state index in [1.54, 1.807) is 13.8 Å². The fourth-order valence-corrected chi connectivity index (χ4v) is 4.86. The molecule has 226 valence electrons. The predicted octanol–water partition coefficient (Wildman–Crippen LogP) is 7.01. The zero-order valence-electron chi connectivity index (χ0n) is 22.9. The standard InChI is InChI=1S/C28H27Cl2F4N3O5/c1-5-40-22-12-23(41-36-22)37(25(38)17-6-7-17)26(39)19-9-8-18(10-14(19)2)21-13-27(42-35-21,28(32,33)34)15(3)11-20(30)24(31)16(4)29/h8-11,17,23H,3,5-7,12-13H2,1-2,4H3/b20-11+,24-16-/t23?,27-/m0/s1. The van der Waals surface area contributed by atoms with Crippen molar-refractivity contribution in [1.29, 1.82) is 0 Å². The number of benzene rings is 1. The highest BCUT2D eigenvalue weighted by atomic mass is 35.5. The van der Waals surface area contributed by atoms with Crippen molar-refractivity contribution in [2.24, 2.45) is 16.2 Å². The Kier molecular flexibility index (Phi) is 9.08. The number of carbonyl (C=O) groups excluding carboxylic acids is 2. The molecule has 1 unspecified atom stereocenters. The molecule has 0 aromatic heterocycles. The fraction of sp³-hybridized carbons (Fsp3) is 0.429. The first-order chi connectivity index (χ1) is 19.7. The van der Waals surface area contributed by atoms with Crippen LogP contribution >= 0.6 is 23.2 Å². The maximum absolute atomic E-state index is 14.3. The lowest BCUT2D eigenvalue weighted by atomic mass is 9.86. The molecule has 2 amide bonds. The second-order valence-corrected chi connectivity index (χ2v) is 11.0. The molecule has 4 rings (SSSR count). The third-order valence-electron chi connectivity index (χ3n) is 6.92. The van der Waals surface area contributed by atoms with Gasteiger partial charge in [0.2, 0.25) is 18.0 Å². The van der Waals surface area contributed by atoms with Crippen molar-refractivity contribution in [3.8, 4) is 0 Å². The Balaban J connectivity index is 1.58. The van der Waals surface area contributed by atoms with Gasteiger partial charge < -0.3 is 14.4 Å². The van der Waals surface area contributed by atoms with Gasteiger partial charge in [-0.3, -0.25) is 9.59 Å². The zero-order chi connectivity index (χ0) is 31.0. The van der Waals surface area contributed by atoms with Gasteiger partial charge in [-0.2, -0.15) is 13.2 Å². The lowest BCUT2D eigenvalue weighted by molar-refractivity contribution is -0.251. The molecule has 3 aliphatic rings. The highest BCUT2D eigenvalue weighted by Gasteiger charge is 2.62. The van der Waals surface area contributed by atoms with Gasteiger partial charge >= 0.3 is 6.18 Å². The van der Waals surface area contributed by atoms with Crippen LogP contribution in [-0.4, -0.2) is 52.9 Å². The molecule has 0 saturated heterocycles. The average molecular weight is 632 g/mol. The van der Waals surface area contributed by atoms with Crippen LogP contribution in [0.2, 0.25) is 0 Å². The van der Waals surface area contributed by atoms with Crippen molar-refractivity contribution >= 4 is 46.6 Å². The van der Waals surface area contributed by atoms with E-state index in [1.807, 2.05) is 0 Å². The molecule has 1 aromatic carbocycles. The van der Waals surface area contributed by atoms with Gasteiger partial charge in [0.15, 0.2) is 5.83 Å². The summed E-state index contributed by atoms with van der Waals surface area (Å²) >= 11 is 11.4. The summed E-state index contributed by atoms with van der Waals surface area (Å²) in [5, 5.41) is 6.46. The van der Waals surface area contributed by atoms with Gasteiger partial charge in [-0.25, -0.2) is 9.29 Å². The molecule has 1 saturated carbocycles. The molecule has 2 heterocycles. The van der Waals surface area contributed by atoms with Crippen molar-refractivity contribution in [3.63, 3.8) is 0 Å². The van der Waals surface area contributed by atoms with E-state index in [4.69, 9.17) is 37.6 Å². The normalized spacial score (nSPS) is 22.9.